The number of amides is 1. The van der Waals surface area contributed by atoms with Gasteiger partial charge in [-0.05, 0) is 24.1 Å². The van der Waals surface area contributed by atoms with E-state index in [4.69, 9.17) is 0 Å². The normalized spacial score (nSPS) is 18.5. The van der Waals surface area contributed by atoms with E-state index in [9.17, 15) is 9.90 Å². The number of aliphatic hydroxyl groups is 1. The molecule has 1 fully saturated rings. The van der Waals surface area contributed by atoms with Crippen molar-refractivity contribution in [2.24, 2.45) is 0 Å². The highest BCUT2D eigenvalue weighted by molar-refractivity contribution is 5.81. The predicted molar refractivity (Wildman–Crippen MR) is 104 cm³/mol. The fourth-order valence-corrected chi connectivity index (χ4v) is 3.38. The molecule has 0 bridgehead atoms. The minimum atomic E-state index is -0.257. The van der Waals surface area contributed by atoms with Crippen molar-refractivity contribution in [3.8, 4) is 0 Å². The molecule has 5 nitrogen and oxygen atoms in total. The molecular formula is C21H27N3O2. The first-order valence-corrected chi connectivity index (χ1v) is 9.13. The van der Waals surface area contributed by atoms with E-state index < -0.39 is 0 Å². The molecule has 1 amide bonds. The molecule has 1 aliphatic heterocycles. The van der Waals surface area contributed by atoms with E-state index in [-0.39, 0.29) is 24.6 Å². The highest BCUT2D eigenvalue weighted by atomic mass is 16.3. The SMILES string of the molecule is CN(C(=O)CNc1ccccc1)[C@H](CN1CC[C@H](O)C1)c1ccccc1. The maximum absolute atomic E-state index is 12.8. The van der Waals surface area contributed by atoms with Crippen LogP contribution in [-0.2, 0) is 4.79 Å². The van der Waals surface area contributed by atoms with Crippen LogP contribution < -0.4 is 5.32 Å². The smallest absolute Gasteiger partial charge is 0.242 e. The summed E-state index contributed by atoms with van der Waals surface area (Å²) in [7, 11) is 1.86. The van der Waals surface area contributed by atoms with Crippen molar-refractivity contribution in [3.63, 3.8) is 0 Å². The Bertz CT molecular complexity index is 693. The quantitative estimate of drug-likeness (QED) is 0.802. The zero-order valence-corrected chi connectivity index (χ0v) is 15.2. The van der Waals surface area contributed by atoms with Crippen LogP contribution in [0.4, 0.5) is 5.69 Å². The molecular weight excluding hydrogens is 326 g/mol. The van der Waals surface area contributed by atoms with Gasteiger partial charge in [-0.1, -0.05) is 48.5 Å². The van der Waals surface area contributed by atoms with Gasteiger partial charge >= 0.3 is 0 Å². The number of para-hydroxylation sites is 1. The summed E-state index contributed by atoms with van der Waals surface area (Å²) in [6.45, 7) is 2.53. The maximum Gasteiger partial charge on any atom is 0.242 e. The second-order valence-electron chi connectivity index (χ2n) is 6.85. The Morgan fingerprint density at radius 3 is 2.46 bits per heavy atom. The van der Waals surface area contributed by atoms with Crippen LogP contribution in [0.1, 0.15) is 18.0 Å². The monoisotopic (exact) mass is 353 g/mol. The number of carbonyl (C=O) groups excluding carboxylic acids is 1. The Morgan fingerprint density at radius 2 is 1.85 bits per heavy atom. The molecule has 2 N–H and O–H groups in total. The number of carbonyl (C=O) groups is 1. The maximum atomic E-state index is 12.8. The zero-order chi connectivity index (χ0) is 18.4. The van der Waals surface area contributed by atoms with Crippen molar-refractivity contribution >= 4 is 11.6 Å². The molecule has 0 spiro atoms. The van der Waals surface area contributed by atoms with Gasteiger partial charge in [0.25, 0.3) is 0 Å². The van der Waals surface area contributed by atoms with Gasteiger partial charge in [0, 0.05) is 32.4 Å². The third-order valence-electron chi connectivity index (χ3n) is 4.94. The zero-order valence-electron chi connectivity index (χ0n) is 15.2. The molecule has 2 atom stereocenters. The predicted octanol–water partition coefficient (Wildman–Crippen LogP) is 2.36. The highest BCUT2D eigenvalue weighted by Crippen LogP contribution is 2.23. The van der Waals surface area contributed by atoms with E-state index in [1.165, 1.54) is 0 Å². The Balaban J connectivity index is 1.67. The Labute approximate surface area is 155 Å². The first kappa shape index (κ1) is 18.4. The van der Waals surface area contributed by atoms with Crippen molar-refractivity contribution < 1.29 is 9.90 Å². The summed E-state index contributed by atoms with van der Waals surface area (Å²) in [5.74, 6) is 0.0439. The third kappa shape index (κ3) is 4.84. The summed E-state index contributed by atoms with van der Waals surface area (Å²) in [4.78, 5) is 16.8. The lowest BCUT2D eigenvalue weighted by atomic mass is 10.0. The number of aliphatic hydroxyl groups excluding tert-OH is 1. The molecule has 26 heavy (non-hydrogen) atoms. The van der Waals surface area contributed by atoms with Gasteiger partial charge in [-0.3, -0.25) is 9.69 Å². The average Bonchev–Trinajstić information content (AvgIpc) is 3.10. The number of likely N-dealkylation sites (tertiary alicyclic amines) is 1. The van der Waals surface area contributed by atoms with Crippen molar-refractivity contribution in [1.82, 2.24) is 9.80 Å². The minimum Gasteiger partial charge on any atom is -0.392 e. The summed E-state index contributed by atoms with van der Waals surface area (Å²) in [5.41, 5.74) is 2.05. The number of benzene rings is 2. The first-order valence-electron chi connectivity index (χ1n) is 9.13. The Hall–Kier alpha value is -2.37. The molecule has 5 heteroatoms. The van der Waals surface area contributed by atoms with Crippen LogP contribution >= 0.6 is 0 Å². The summed E-state index contributed by atoms with van der Waals surface area (Å²) in [6.07, 6.45) is 0.543. The van der Waals surface area contributed by atoms with Crippen molar-refractivity contribution in [2.75, 3.05) is 38.5 Å². The van der Waals surface area contributed by atoms with Gasteiger partial charge < -0.3 is 15.3 Å². The summed E-state index contributed by atoms with van der Waals surface area (Å²) >= 11 is 0. The molecule has 0 unspecified atom stereocenters. The Morgan fingerprint density at radius 1 is 1.19 bits per heavy atom. The molecule has 0 saturated carbocycles. The van der Waals surface area contributed by atoms with Gasteiger partial charge in [-0.2, -0.15) is 0 Å². The number of nitrogens with zero attached hydrogens (tertiary/aromatic N) is 2. The van der Waals surface area contributed by atoms with Gasteiger partial charge in [-0.15, -0.1) is 0 Å². The number of hydrogen-bond acceptors (Lipinski definition) is 4. The molecule has 3 rings (SSSR count). The minimum absolute atomic E-state index is 0.0356. The lowest BCUT2D eigenvalue weighted by Crippen LogP contribution is -2.41. The first-order chi connectivity index (χ1) is 12.6. The number of likely N-dealkylation sites (N-methyl/N-ethyl adjacent to an activating group) is 1. The van der Waals surface area contributed by atoms with Crippen molar-refractivity contribution in [3.05, 3.63) is 66.2 Å². The number of rotatable bonds is 7. The van der Waals surface area contributed by atoms with Gasteiger partial charge in [0.2, 0.25) is 5.91 Å². The van der Waals surface area contributed by atoms with Crippen LogP contribution in [0.5, 0.6) is 0 Å². The molecule has 0 aliphatic carbocycles. The fourth-order valence-electron chi connectivity index (χ4n) is 3.38. The van der Waals surface area contributed by atoms with E-state index >= 15 is 0 Å². The number of nitrogens with one attached hydrogen (secondary N) is 1. The van der Waals surface area contributed by atoms with Crippen LogP contribution in [-0.4, -0.2) is 60.1 Å². The van der Waals surface area contributed by atoms with Crippen LogP contribution in [0.25, 0.3) is 0 Å². The molecule has 1 heterocycles. The molecule has 1 saturated heterocycles. The van der Waals surface area contributed by atoms with E-state index in [0.29, 0.717) is 6.54 Å². The molecule has 1 aliphatic rings. The van der Waals surface area contributed by atoms with E-state index in [0.717, 1.165) is 30.8 Å². The second kappa shape index (κ2) is 8.83. The van der Waals surface area contributed by atoms with Crippen LogP contribution in [0.15, 0.2) is 60.7 Å². The molecule has 2 aromatic carbocycles. The van der Waals surface area contributed by atoms with E-state index in [2.05, 4.69) is 22.3 Å². The lowest BCUT2D eigenvalue weighted by molar-refractivity contribution is -0.130. The number of β-amino-alcohol motifs (C(OH)–C–C–N with tert-alkyl or cyclic N) is 1. The molecule has 138 valence electrons. The number of hydrogen-bond donors (Lipinski definition) is 2. The van der Waals surface area contributed by atoms with Gasteiger partial charge in [0.15, 0.2) is 0 Å². The average molecular weight is 353 g/mol. The lowest BCUT2D eigenvalue weighted by Gasteiger charge is -2.32. The Kier molecular flexibility index (Phi) is 6.26. The van der Waals surface area contributed by atoms with Gasteiger partial charge in [0.05, 0.1) is 18.7 Å². The van der Waals surface area contributed by atoms with Crippen LogP contribution in [0, 0.1) is 0 Å². The third-order valence-corrected chi connectivity index (χ3v) is 4.94. The fraction of sp³-hybridized carbons (Fsp3) is 0.381. The summed E-state index contributed by atoms with van der Waals surface area (Å²) in [5, 5.41) is 13.0. The standard InChI is InChI=1S/C21H27N3O2/c1-23(21(26)14-22-18-10-6-3-7-11-18)20(17-8-4-2-5-9-17)16-24-13-12-19(25)15-24/h2-11,19-20,22,25H,12-16H2,1H3/t19-,20+/m0/s1. The summed E-state index contributed by atoms with van der Waals surface area (Å²) < 4.78 is 0. The van der Waals surface area contributed by atoms with Crippen LogP contribution in [0.3, 0.4) is 0 Å². The van der Waals surface area contributed by atoms with Crippen molar-refractivity contribution in [2.45, 2.75) is 18.6 Å². The topological polar surface area (TPSA) is 55.8 Å². The van der Waals surface area contributed by atoms with E-state index in [1.807, 2.05) is 60.5 Å². The summed E-state index contributed by atoms with van der Waals surface area (Å²) in [6, 6.07) is 19.8. The van der Waals surface area contributed by atoms with Gasteiger partial charge in [-0.25, -0.2) is 0 Å². The second-order valence-corrected chi connectivity index (χ2v) is 6.85. The van der Waals surface area contributed by atoms with Crippen LogP contribution in [0.2, 0.25) is 0 Å². The van der Waals surface area contributed by atoms with Crippen molar-refractivity contribution in [1.29, 1.82) is 0 Å². The van der Waals surface area contributed by atoms with Gasteiger partial charge in [0.1, 0.15) is 0 Å². The molecule has 0 aromatic heterocycles. The largest absolute Gasteiger partial charge is 0.392 e. The number of anilines is 1. The highest BCUT2D eigenvalue weighted by Gasteiger charge is 2.27. The molecule has 2 aromatic rings. The molecule has 0 radical (unpaired) electrons. The van der Waals surface area contributed by atoms with E-state index in [1.54, 1.807) is 0 Å².